The van der Waals surface area contributed by atoms with E-state index in [1.807, 2.05) is 11.6 Å². The molecule has 0 spiro atoms. The molecule has 0 aliphatic rings. The first-order valence-corrected chi connectivity index (χ1v) is 4.87. The van der Waals surface area contributed by atoms with Crippen LogP contribution in [0.5, 0.6) is 0 Å². The van der Waals surface area contributed by atoms with Gasteiger partial charge in [-0.05, 0) is 13.5 Å². The second-order valence-electron chi connectivity index (χ2n) is 3.12. The van der Waals surface area contributed by atoms with Crippen molar-refractivity contribution in [2.45, 2.75) is 25.9 Å². The van der Waals surface area contributed by atoms with Crippen LogP contribution in [0.3, 0.4) is 0 Å². The molecule has 0 bridgehead atoms. The van der Waals surface area contributed by atoms with E-state index < -0.39 is 0 Å². The molecule has 0 aliphatic carbocycles. The lowest BCUT2D eigenvalue weighted by atomic mass is 10.2. The maximum atomic E-state index is 5.02. The van der Waals surface area contributed by atoms with E-state index in [2.05, 4.69) is 22.4 Å². The van der Waals surface area contributed by atoms with E-state index in [9.17, 15) is 0 Å². The van der Waals surface area contributed by atoms with Gasteiger partial charge >= 0.3 is 0 Å². The van der Waals surface area contributed by atoms with Gasteiger partial charge in [0.25, 0.3) is 0 Å². The summed E-state index contributed by atoms with van der Waals surface area (Å²) < 4.78 is 7.04. The maximum Gasteiger partial charge on any atom is 0.150 e. The first-order valence-electron chi connectivity index (χ1n) is 4.87. The molecule has 0 radical (unpaired) electrons. The van der Waals surface area contributed by atoms with E-state index in [1.165, 1.54) is 0 Å². The monoisotopic (exact) mass is 198 g/mol. The van der Waals surface area contributed by atoms with Gasteiger partial charge in [-0.25, -0.2) is 0 Å². The Bertz CT molecular complexity index is 257. The van der Waals surface area contributed by atoms with Gasteiger partial charge in [0.1, 0.15) is 12.2 Å². The number of rotatable bonds is 6. The summed E-state index contributed by atoms with van der Waals surface area (Å²) in [6.45, 7) is 3.61. The van der Waals surface area contributed by atoms with Crippen molar-refractivity contribution in [3.63, 3.8) is 0 Å². The van der Waals surface area contributed by atoms with Crippen LogP contribution in [-0.2, 0) is 11.3 Å². The van der Waals surface area contributed by atoms with Crippen molar-refractivity contribution in [2.75, 3.05) is 20.8 Å². The topological polar surface area (TPSA) is 52.0 Å². The van der Waals surface area contributed by atoms with Crippen LogP contribution in [0.1, 0.15) is 25.2 Å². The van der Waals surface area contributed by atoms with Crippen molar-refractivity contribution in [1.29, 1.82) is 0 Å². The summed E-state index contributed by atoms with van der Waals surface area (Å²) in [6, 6.07) is 0.273. The first kappa shape index (κ1) is 11.1. The highest BCUT2D eigenvalue weighted by Crippen LogP contribution is 2.12. The fourth-order valence-corrected chi connectivity index (χ4v) is 1.41. The summed E-state index contributed by atoms with van der Waals surface area (Å²) in [5.41, 5.74) is 0. The minimum absolute atomic E-state index is 0.273. The second kappa shape index (κ2) is 5.72. The molecule has 1 rings (SSSR count). The zero-order valence-corrected chi connectivity index (χ0v) is 9.03. The minimum atomic E-state index is 0.273. The van der Waals surface area contributed by atoms with Crippen LogP contribution in [0.15, 0.2) is 6.33 Å². The summed E-state index contributed by atoms with van der Waals surface area (Å²) in [6.07, 6.45) is 2.75. The number of ether oxygens (including phenoxy) is 1. The average Bonchev–Trinajstić information content (AvgIpc) is 2.65. The van der Waals surface area contributed by atoms with Crippen molar-refractivity contribution in [3.05, 3.63) is 12.2 Å². The molecule has 5 nitrogen and oxygen atoms in total. The van der Waals surface area contributed by atoms with Crippen LogP contribution in [0.25, 0.3) is 0 Å². The highest BCUT2D eigenvalue weighted by atomic mass is 16.5. The fraction of sp³-hybridized carbons (Fsp3) is 0.778. The lowest BCUT2D eigenvalue weighted by Crippen LogP contribution is -2.21. The molecule has 1 aromatic rings. The third-order valence-corrected chi connectivity index (χ3v) is 2.25. The number of methoxy groups -OCH3 is 1. The third-order valence-electron chi connectivity index (χ3n) is 2.25. The van der Waals surface area contributed by atoms with Crippen LogP contribution >= 0.6 is 0 Å². The van der Waals surface area contributed by atoms with Crippen LogP contribution in [0.4, 0.5) is 0 Å². The van der Waals surface area contributed by atoms with Crippen molar-refractivity contribution in [1.82, 2.24) is 20.1 Å². The molecule has 0 saturated carbocycles. The molecule has 1 atom stereocenters. The zero-order chi connectivity index (χ0) is 10.4. The molecule has 1 heterocycles. The Morgan fingerprint density at radius 1 is 1.64 bits per heavy atom. The Morgan fingerprint density at radius 3 is 3.00 bits per heavy atom. The Hall–Kier alpha value is -0.940. The molecular weight excluding hydrogens is 180 g/mol. The quantitative estimate of drug-likeness (QED) is 0.727. The molecule has 0 fully saturated rings. The van der Waals surface area contributed by atoms with Crippen molar-refractivity contribution in [3.8, 4) is 0 Å². The molecule has 1 unspecified atom stereocenters. The Labute approximate surface area is 84.5 Å². The van der Waals surface area contributed by atoms with Crippen LogP contribution in [-0.4, -0.2) is 35.5 Å². The lowest BCUT2D eigenvalue weighted by molar-refractivity contribution is 0.185. The number of hydrogen-bond acceptors (Lipinski definition) is 4. The van der Waals surface area contributed by atoms with Crippen molar-refractivity contribution < 1.29 is 4.74 Å². The van der Waals surface area contributed by atoms with E-state index >= 15 is 0 Å². The summed E-state index contributed by atoms with van der Waals surface area (Å²) >= 11 is 0. The predicted molar refractivity (Wildman–Crippen MR) is 54.0 cm³/mol. The first-order chi connectivity index (χ1) is 6.83. The van der Waals surface area contributed by atoms with Gasteiger partial charge in [0, 0.05) is 13.7 Å². The van der Waals surface area contributed by atoms with Crippen molar-refractivity contribution >= 4 is 0 Å². The van der Waals surface area contributed by atoms with E-state index in [-0.39, 0.29) is 6.04 Å². The van der Waals surface area contributed by atoms with E-state index in [1.54, 1.807) is 13.4 Å². The third kappa shape index (κ3) is 2.52. The average molecular weight is 198 g/mol. The van der Waals surface area contributed by atoms with Gasteiger partial charge < -0.3 is 14.6 Å². The number of nitrogens with zero attached hydrogens (tertiary/aromatic N) is 3. The number of nitrogens with one attached hydrogen (secondary N) is 1. The van der Waals surface area contributed by atoms with Gasteiger partial charge in [0.15, 0.2) is 0 Å². The molecule has 0 aliphatic heterocycles. The smallest absolute Gasteiger partial charge is 0.150 e. The van der Waals surface area contributed by atoms with Gasteiger partial charge in [-0.15, -0.1) is 10.2 Å². The second-order valence-corrected chi connectivity index (χ2v) is 3.12. The molecule has 0 saturated heterocycles. The number of hydrogen-bond donors (Lipinski definition) is 1. The molecule has 14 heavy (non-hydrogen) atoms. The van der Waals surface area contributed by atoms with Gasteiger partial charge in [0.05, 0.1) is 12.6 Å². The maximum absolute atomic E-state index is 5.02. The fourth-order valence-electron chi connectivity index (χ4n) is 1.41. The normalized spacial score (nSPS) is 13.1. The molecule has 0 amide bonds. The number of aromatic nitrogens is 3. The lowest BCUT2D eigenvalue weighted by Gasteiger charge is -2.14. The highest BCUT2D eigenvalue weighted by Gasteiger charge is 2.13. The van der Waals surface area contributed by atoms with Crippen LogP contribution in [0, 0.1) is 0 Å². The van der Waals surface area contributed by atoms with Crippen LogP contribution in [0.2, 0.25) is 0 Å². The SMILES string of the molecule is CCC(NC)c1nncn1CCOC. The van der Waals surface area contributed by atoms with Crippen LogP contribution < -0.4 is 5.32 Å². The summed E-state index contributed by atoms with van der Waals surface area (Å²) in [7, 11) is 3.63. The molecule has 1 N–H and O–H groups in total. The van der Waals surface area contributed by atoms with Gasteiger partial charge in [-0.3, -0.25) is 0 Å². The molecule has 80 valence electrons. The van der Waals surface area contributed by atoms with Gasteiger partial charge in [0.2, 0.25) is 0 Å². The Morgan fingerprint density at radius 2 is 2.43 bits per heavy atom. The predicted octanol–water partition coefficient (Wildman–Crippen LogP) is 0.595. The highest BCUT2D eigenvalue weighted by molar-refractivity contribution is 4.94. The van der Waals surface area contributed by atoms with Crippen molar-refractivity contribution in [2.24, 2.45) is 0 Å². The van der Waals surface area contributed by atoms with Gasteiger partial charge in [-0.2, -0.15) is 0 Å². The molecule has 1 aromatic heterocycles. The van der Waals surface area contributed by atoms with Gasteiger partial charge in [-0.1, -0.05) is 6.92 Å². The molecule has 0 aromatic carbocycles. The zero-order valence-electron chi connectivity index (χ0n) is 9.03. The van der Waals surface area contributed by atoms with E-state index in [0.717, 1.165) is 18.8 Å². The molecular formula is C9H18N4O. The largest absolute Gasteiger partial charge is 0.383 e. The minimum Gasteiger partial charge on any atom is -0.383 e. The van der Waals surface area contributed by atoms with E-state index in [4.69, 9.17) is 4.74 Å². The summed E-state index contributed by atoms with van der Waals surface area (Å²) in [4.78, 5) is 0. The summed E-state index contributed by atoms with van der Waals surface area (Å²) in [5, 5.41) is 11.2. The Balaban J connectivity index is 2.69. The Kier molecular flexibility index (Phi) is 4.55. The standard InChI is InChI=1S/C9H18N4O/c1-4-8(10-2)9-12-11-7-13(9)5-6-14-3/h7-8,10H,4-6H2,1-3H3. The summed E-state index contributed by atoms with van der Waals surface area (Å²) in [5.74, 6) is 0.979. The molecule has 5 heteroatoms. The van der Waals surface area contributed by atoms with E-state index in [0.29, 0.717) is 6.61 Å².